The molecule has 3 nitrogen and oxygen atoms in total. The first-order valence-corrected chi connectivity index (χ1v) is 6.75. The van der Waals surface area contributed by atoms with E-state index in [2.05, 4.69) is 21.5 Å². The summed E-state index contributed by atoms with van der Waals surface area (Å²) in [5.41, 5.74) is 3.11. The molecule has 2 aromatic heterocycles. The minimum absolute atomic E-state index is 0.105. The molecule has 96 valence electrons. The number of H-pyrrole nitrogens is 1. The Balaban J connectivity index is 2.22. The highest BCUT2D eigenvalue weighted by Gasteiger charge is 2.13. The molecule has 0 radical (unpaired) electrons. The van der Waals surface area contributed by atoms with Gasteiger partial charge in [-0.15, -0.1) is 0 Å². The van der Waals surface area contributed by atoms with Crippen LogP contribution in [0.3, 0.4) is 0 Å². The summed E-state index contributed by atoms with van der Waals surface area (Å²) >= 11 is 11.5. The monoisotopic (exact) mass is 289 g/mol. The van der Waals surface area contributed by atoms with Gasteiger partial charge in [0.1, 0.15) is 0 Å². The molecule has 0 fully saturated rings. The topological polar surface area (TPSA) is 33.6 Å². The number of aromatic amines is 1. The van der Waals surface area contributed by atoms with Gasteiger partial charge in [0, 0.05) is 17.4 Å². The first kappa shape index (κ1) is 12.4. The lowest BCUT2D eigenvalue weighted by molar-refractivity contribution is 0.646. The van der Waals surface area contributed by atoms with Gasteiger partial charge in [-0.25, -0.2) is 0 Å². The van der Waals surface area contributed by atoms with Crippen molar-refractivity contribution in [2.24, 2.45) is 0 Å². The van der Waals surface area contributed by atoms with Gasteiger partial charge < -0.3 is 9.55 Å². The Hall–Kier alpha value is -1.65. The summed E-state index contributed by atoms with van der Waals surface area (Å²) in [6.45, 7) is 2.10. The van der Waals surface area contributed by atoms with Crippen molar-refractivity contribution in [1.82, 2.24) is 14.5 Å². The van der Waals surface area contributed by atoms with Crippen LogP contribution in [-0.4, -0.2) is 14.5 Å². The van der Waals surface area contributed by atoms with Crippen LogP contribution in [0.4, 0.5) is 0 Å². The van der Waals surface area contributed by atoms with E-state index in [0.717, 1.165) is 16.6 Å². The smallest absolute Gasteiger partial charge is 0.178 e. The zero-order valence-corrected chi connectivity index (χ0v) is 11.9. The van der Waals surface area contributed by atoms with Crippen molar-refractivity contribution < 1.29 is 0 Å². The molecule has 0 aliphatic carbocycles. The summed E-state index contributed by atoms with van der Waals surface area (Å²) in [5.74, 6) is 0. The molecule has 1 unspecified atom stereocenters. The predicted octanol–water partition coefficient (Wildman–Crippen LogP) is 4.36. The van der Waals surface area contributed by atoms with Crippen molar-refractivity contribution in [3.05, 3.63) is 58.1 Å². The van der Waals surface area contributed by atoms with E-state index < -0.39 is 0 Å². The largest absolute Gasteiger partial charge is 0.331 e. The molecule has 0 saturated carbocycles. The van der Waals surface area contributed by atoms with Crippen molar-refractivity contribution in [1.29, 1.82) is 0 Å². The lowest BCUT2D eigenvalue weighted by Gasteiger charge is -2.14. The minimum atomic E-state index is 0.105. The van der Waals surface area contributed by atoms with Gasteiger partial charge >= 0.3 is 0 Å². The quantitative estimate of drug-likeness (QED) is 0.711. The van der Waals surface area contributed by atoms with Gasteiger partial charge in [0.25, 0.3) is 0 Å². The molecule has 3 aromatic rings. The Bertz CT molecular complexity index is 776. The van der Waals surface area contributed by atoms with Gasteiger partial charge in [0.05, 0.1) is 17.1 Å². The average Bonchev–Trinajstić information content (AvgIpc) is 2.74. The minimum Gasteiger partial charge on any atom is -0.331 e. The van der Waals surface area contributed by atoms with Gasteiger partial charge in [0.15, 0.2) is 4.77 Å². The molecule has 0 saturated heterocycles. The summed E-state index contributed by atoms with van der Waals surface area (Å²) < 4.78 is 2.75. The first-order chi connectivity index (χ1) is 9.16. The number of hydrogen-bond donors (Lipinski definition) is 1. The molecule has 5 heteroatoms. The predicted molar refractivity (Wildman–Crippen MR) is 80.2 cm³/mol. The number of fused-ring (bicyclic) bond motifs is 1. The number of nitrogens with one attached hydrogen (secondary N) is 1. The maximum Gasteiger partial charge on any atom is 0.178 e. The average molecular weight is 290 g/mol. The fourth-order valence-electron chi connectivity index (χ4n) is 2.25. The fraction of sp³-hybridized carbons (Fsp3) is 0.143. The number of halogens is 1. The zero-order valence-electron chi connectivity index (χ0n) is 10.3. The number of imidazole rings is 1. The Kier molecular flexibility index (Phi) is 3.12. The Morgan fingerprint density at radius 3 is 2.95 bits per heavy atom. The SMILES string of the molecule is CC(c1cccnc1)n1c(=S)[nH]c2ccc(Cl)cc21. The van der Waals surface area contributed by atoms with E-state index in [1.165, 1.54) is 0 Å². The number of hydrogen-bond acceptors (Lipinski definition) is 2. The highest BCUT2D eigenvalue weighted by molar-refractivity contribution is 7.71. The Morgan fingerprint density at radius 2 is 2.21 bits per heavy atom. The van der Waals surface area contributed by atoms with Crippen molar-refractivity contribution in [3.8, 4) is 0 Å². The molecule has 19 heavy (non-hydrogen) atoms. The maximum atomic E-state index is 6.08. The fourth-order valence-corrected chi connectivity index (χ4v) is 2.78. The van der Waals surface area contributed by atoms with Crippen molar-refractivity contribution in [2.45, 2.75) is 13.0 Å². The molecule has 3 rings (SSSR count). The second kappa shape index (κ2) is 4.79. The maximum absolute atomic E-state index is 6.08. The number of aromatic nitrogens is 3. The van der Waals surface area contributed by atoms with Gasteiger partial charge in [-0.3, -0.25) is 4.98 Å². The van der Waals surface area contributed by atoms with Crippen molar-refractivity contribution in [2.75, 3.05) is 0 Å². The van der Waals surface area contributed by atoms with Crippen LogP contribution in [0.25, 0.3) is 11.0 Å². The second-order valence-electron chi connectivity index (χ2n) is 4.42. The highest BCUT2D eigenvalue weighted by atomic mass is 35.5. The Labute approximate surface area is 120 Å². The lowest BCUT2D eigenvalue weighted by Crippen LogP contribution is -2.06. The molecule has 1 atom stereocenters. The number of pyridine rings is 1. The third-order valence-corrected chi connectivity index (χ3v) is 3.77. The van der Waals surface area contributed by atoms with E-state index in [4.69, 9.17) is 23.8 Å². The van der Waals surface area contributed by atoms with Crippen LogP contribution < -0.4 is 0 Å². The third-order valence-electron chi connectivity index (χ3n) is 3.23. The summed E-state index contributed by atoms with van der Waals surface area (Å²) in [5, 5.41) is 0.702. The molecule has 1 N–H and O–H groups in total. The van der Waals surface area contributed by atoms with E-state index in [9.17, 15) is 0 Å². The van der Waals surface area contributed by atoms with Crippen LogP contribution >= 0.6 is 23.8 Å². The van der Waals surface area contributed by atoms with Gasteiger partial charge in [-0.2, -0.15) is 0 Å². The van der Waals surface area contributed by atoms with E-state index in [1.807, 2.05) is 36.5 Å². The van der Waals surface area contributed by atoms with Crippen LogP contribution in [0.15, 0.2) is 42.7 Å². The van der Waals surface area contributed by atoms with Crippen LogP contribution in [0, 0.1) is 4.77 Å². The molecule has 0 spiro atoms. The lowest BCUT2D eigenvalue weighted by atomic mass is 10.1. The summed E-state index contributed by atoms with van der Waals surface area (Å²) in [6.07, 6.45) is 3.62. The molecule has 0 aliphatic heterocycles. The summed E-state index contributed by atoms with van der Waals surface area (Å²) in [4.78, 5) is 7.36. The molecule has 0 bridgehead atoms. The van der Waals surface area contributed by atoms with Crippen LogP contribution in [0.1, 0.15) is 18.5 Å². The molecule has 0 amide bonds. The van der Waals surface area contributed by atoms with Crippen molar-refractivity contribution >= 4 is 34.9 Å². The van der Waals surface area contributed by atoms with Crippen LogP contribution in [0.2, 0.25) is 5.02 Å². The number of rotatable bonds is 2. The van der Waals surface area contributed by atoms with E-state index in [0.29, 0.717) is 9.79 Å². The van der Waals surface area contributed by atoms with E-state index in [-0.39, 0.29) is 6.04 Å². The number of nitrogens with zero attached hydrogens (tertiary/aromatic N) is 2. The van der Waals surface area contributed by atoms with Gasteiger partial charge in [-0.05, 0) is 49.0 Å². The molecular formula is C14H12ClN3S. The van der Waals surface area contributed by atoms with Crippen molar-refractivity contribution in [3.63, 3.8) is 0 Å². The standard InChI is InChI=1S/C14H12ClN3S/c1-9(10-3-2-6-16-8-10)18-13-7-11(15)4-5-12(13)17-14(18)19/h2-9H,1H3,(H,17,19). The Morgan fingerprint density at radius 1 is 1.37 bits per heavy atom. The summed E-state index contributed by atoms with van der Waals surface area (Å²) in [7, 11) is 0. The molecule has 0 aliphatic rings. The van der Waals surface area contributed by atoms with Gasteiger partial charge in [-0.1, -0.05) is 17.7 Å². The normalized spacial score (nSPS) is 12.7. The number of benzene rings is 1. The second-order valence-corrected chi connectivity index (χ2v) is 5.25. The van der Waals surface area contributed by atoms with Gasteiger partial charge in [0.2, 0.25) is 0 Å². The highest BCUT2D eigenvalue weighted by Crippen LogP contribution is 2.25. The molecule has 1 aromatic carbocycles. The third kappa shape index (κ3) is 2.17. The zero-order chi connectivity index (χ0) is 13.4. The summed E-state index contributed by atoms with van der Waals surface area (Å²) in [6, 6.07) is 9.80. The first-order valence-electron chi connectivity index (χ1n) is 5.96. The van der Waals surface area contributed by atoms with E-state index in [1.54, 1.807) is 6.20 Å². The molecule has 2 heterocycles. The van der Waals surface area contributed by atoms with Crippen LogP contribution in [-0.2, 0) is 0 Å². The van der Waals surface area contributed by atoms with Crippen LogP contribution in [0.5, 0.6) is 0 Å². The van der Waals surface area contributed by atoms with E-state index >= 15 is 0 Å². The molecular weight excluding hydrogens is 278 g/mol.